The molecule has 0 fully saturated rings. The van der Waals surface area contributed by atoms with Crippen LogP contribution in [0.1, 0.15) is 23.1 Å². The van der Waals surface area contributed by atoms with Gasteiger partial charge in [-0.05, 0) is 49.1 Å². The van der Waals surface area contributed by atoms with Crippen molar-refractivity contribution in [2.75, 3.05) is 18.5 Å². The summed E-state index contributed by atoms with van der Waals surface area (Å²) in [5.74, 6) is -1.33. The number of hydrogen-bond donors (Lipinski definition) is 3. The van der Waals surface area contributed by atoms with E-state index in [2.05, 4.69) is 15.6 Å². The minimum absolute atomic E-state index is 0.169. The van der Waals surface area contributed by atoms with E-state index in [1.165, 1.54) is 0 Å². The molecule has 0 radical (unpaired) electrons. The molecule has 7 nitrogen and oxygen atoms in total. The van der Waals surface area contributed by atoms with Gasteiger partial charge in [0.05, 0.1) is 6.54 Å². The van der Waals surface area contributed by atoms with Crippen molar-refractivity contribution in [3.8, 4) is 0 Å². The van der Waals surface area contributed by atoms with E-state index in [9.17, 15) is 14.4 Å². The van der Waals surface area contributed by atoms with E-state index in [1.807, 2.05) is 56.4 Å². The van der Waals surface area contributed by atoms with Gasteiger partial charge in [0.15, 0.2) is 6.61 Å². The van der Waals surface area contributed by atoms with E-state index >= 15 is 0 Å². The summed E-state index contributed by atoms with van der Waals surface area (Å²) in [6, 6.07) is 13.5. The van der Waals surface area contributed by atoms with E-state index in [1.54, 1.807) is 6.07 Å². The molecule has 0 aliphatic heterocycles. The van der Waals surface area contributed by atoms with Crippen molar-refractivity contribution in [3.05, 3.63) is 65.4 Å². The predicted molar refractivity (Wildman–Crippen MR) is 115 cm³/mol. The Morgan fingerprint density at radius 2 is 1.80 bits per heavy atom. The Kier molecular flexibility index (Phi) is 6.85. The maximum Gasteiger partial charge on any atom is 0.306 e. The lowest BCUT2D eigenvalue weighted by Crippen LogP contribution is -2.35. The van der Waals surface area contributed by atoms with Crippen LogP contribution in [0.4, 0.5) is 5.69 Å². The molecule has 0 spiro atoms. The first-order valence-corrected chi connectivity index (χ1v) is 9.77. The molecule has 0 bridgehead atoms. The number of fused-ring (bicyclic) bond motifs is 1. The smallest absolute Gasteiger partial charge is 0.306 e. The molecule has 0 saturated carbocycles. The van der Waals surface area contributed by atoms with Crippen LogP contribution in [0, 0.1) is 13.8 Å². The molecule has 1 heterocycles. The number of carbonyl (C=O) groups is 3. The zero-order valence-corrected chi connectivity index (χ0v) is 17.1. The minimum Gasteiger partial charge on any atom is -0.456 e. The van der Waals surface area contributed by atoms with Crippen molar-refractivity contribution in [2.24, 2.45) is 0 Å². The third kappa shape index (κ3) is 5.47. The average molecular weight is 407 g/mol. The number of aromatic amines is 1. The summed E-state index contributed by atoms with van der Waals surface area (Å²) in [4.78, 5) is 39.0. The number of carbonyl (C=O) groups excluding carboxylic acids is 3. The second-order valence-corrected chi connectivity index (χ2v) is 7.09. The van der Waals surface area contributed by atoms with Gasteiger partial charge in [-0.3, -0.25) is 14.4 Å². The Balaban J connectivity index is 1.37. The predicted octanol–water partition coefficient (Wildman–Crippen LogP) is 3.02. The van der Waals surface area contributed by atoms with Crippen LogP contribution in [-0.2, 0) is 25.5 Å². The molecule has 30 heavy (non-hydrogen) atoms. The van der Waals surface area contributed by atoms with Crippen LogP contribution in [-0.4, -0.2) is 35.9 Å². The molecule has 0 saturated heterocycles. The number of rotatable bonds is 8. The highest BCUT2D eigenvalue weighted by atomic mass is 16.5. The number of benzene rings is 2. The van der Waals surface area contributed by atoms with Gasteiger partial charge in [-0.2, -0.15) is 0 Å². The number of aryl methyl sites for hydroxylation is 2. The lowest BCUT2D eigenvalue weighted by molar-refractivity contribution is -0.148. The van der Waals surface area contributed by atoms with Gasteiger partial charge in [0.2, 0.25) is 5.91 Å². The molecule has 0 aliphatic rings. The van der Waals surface area contributed by atoms with E-state index in [4.69, 9.17) is 4.74 Å². The van der Waals surface area contributed by atoms with Crippen molar-refractivity contribution in [2.45, 2.75) is 26.7 Å². The number of esters is 1. The fourth-order valence-corrected chi connectivity index (χ4v) is 3.10. The van der Waals surface area contributed by atoms with Crippen molar-refractivity contribution < 1.29 is 19.1 Å². The first kappa shape index (κ1) is 21.1. The molecular weight excluding hydrogens is 382 g/mol. The van der Waals surface area contributed by atoms with Gasteiger partial charge in [0.25, 0.3) is 5.91 Å². The van der Waals surface area contributed by atoms with Gasteiger partial charge in [-0.25, -0.2) is 0 Å². The Morgan fingerprint density at radius 1 is 1.00 bits per heavy atom. The van der Waals surface area contributed by atoms with Gasteiger partial charge in [-0.1, -0.05) is 30.3 Å². The highest BCUT2D eigenvalue weighted by Gasteiger charge is 2.12. The number of H-pyrrole nitrogens is 1. The summed E-state index contributed by atoms with van der Waals surface area (Å²) < 4.78 is 5.01. The van der Waals surface area contributed by atoms with Crippen LogP contribution >= 0.6 is 0 Å². The van der Waals surface area contributed by atoms with Crippen molar-refractivity contribution in [1.29, 1.82) is 0 Å². The van der Waals surface area contributed by atoms with Gasteiger partial charge >= 0.3 is 5.97 Å². The van der Waals surface area contributed by atoms with Gasteiger partial charge in [0, 0.05) is 29.2 Å². The molecule has 2 aromatic carbocycles. The lowest BCUT2D eigenvalue weighted by Gasteiger charge is -2.11. The van der Waals surface area contributed by atoms with E-state index in [0.29, 0.717) is 12.1 Å². The van der Waals surface area contributed by atoms with Crippen molar-refractivity contribution in [1.82, 2.24) is 10.3 Å². The first-order chi connectivity index (χ1) is 14.4. The zero-order valence-electron chi connectivity index (χ0n) is 17.1. The highest BCUT2D eigenvalue weighted by Crippen LogP contribution is 2.19. The third-order valence-corrected chi connectivity index (χ3v) is 4.96. The van der Waals surface area contributed by atoms with Crippen LogP contribution in [0.25, 0.3) is 10.9 Å². The molecular formula is C23H25N3O4. The highest BCUT2D eigenvalue weighted by molar-refractivity contribution is 5.95. The molecule has 0 aliphatic carbocycles. The van der Waals surface area contributed by atoms with Crippen LogP contribution in [0.15, 0.2) is 48.7 Å². The molecule has 3 rings (SSSR count). The summed E-state index contributed by atoms with van der Waals surface area (Å²) in [7, 11) is 0. The zero-order chi connectivity index (χ0) is 21.5. The molecule has 7 heteroatoms. The van der Waals surface area contributed by atoms with Crippen LogP contribution in [0.5, 0.6) is 0 Å². The third-order valence-electron chi connectivity index (χ3n) is 4.96. The van der Waals surface area contributed by atoms with Gasteiger partial charge in [-0.15, -0.1) is 0 Å². The number of aromatic nitrogens is 1. The number of ether oxygens (including phenoxy) is 1. The fourth-order valence-electron chi connectivity index (χ4n) is 3.10. The summed E-state index contributed by atoms with van der Waals surface area (Å²) in [6.07, 6.45) is 2.56. The number of hydrogen-bond acceptors (Lipinski definition) is 4. The molecule has 2 amide bonds. The normalized spacial score (nSPS) is 10.6. The number of para-hydroxylation sites is 1. The summed E-state index contributed by atoms with van der Waals surface area (Å²) in [5, 5.41) is 6.28. The standard InChI is InChI=1S/C23H25N3O4/c1-15-6-5-9-19(16(15)2)26-21(27)13-25-22(28)14-30-23(29)11-10-17-12-24-20-8-4-3-7-18(17)20/h3-9,12,24H,10-11,13-14H2,1-2H3,(H,25,28)(H,26,27). The van der Waals surface area contributed by atoms with Gasteiger partial charge < -0.3 is 20.4 Å². The summed E-state index contributed by atoms with van der Waals surface area (Å²) in [5.41, 5.74) is 4.78. The molecule has 0 unspecified atom stereocenters. The Hall–Kier alpha value is -3.61. The average Bonchev–Trinajstić information content (AvgIpc) is 3.15. The van der Waals surface area contributed by atoms with Crippen molar-refractivity contribution in [3.63, 3.8) is 0 Å². The van der Waals surface area contributed by atoms with E-state index in [0.717, 1.165) is 27.6 Å². The summed E-state index contributed by atoms with van der Waals surface area (Å²) >= 11 is 0. The monoisotopic (exact) mass is 407 g/mol. The Labute approximate surface area is 174 Å². The van der Waals surface area contributed by atoms with Gasteiger partial charge in [0.1, 0.15) is 0 Å². The first-order valence-electron chi connectivity index (χ1n) is 9.77. The van der Waals surface area contributed by atoms with Crippen LogP contribution in [0.2, 0.25) is 0 Å². The number of nitrogens with one attached hydrogen (secondary N) is 3. The van der Waals surface area contributed by atoms with E-state index < -0.39 is 18.5 Å². The second-order valence-electron chi connectivity index (χ2n) is 7.09. The van der Waals surface area contributed by atoms with Crippen LogP contribution < -0.4 is 10.6 Å². The minimum atomic E-state index is -0.522. The molecule has 0 atom stereocenters. The second kappa shape index (κ2) is 9.73. The van der Waals surface area contributed by atoms with E-state index in [-0.39, 0.29) is 18.9 Å². The molecule has 3 aromatic rings. The SMILES string of the molecule is Cc1cccc(NC(=O)CNC(=O)COC(=O)CCc2c[nH]c3ccccc23)c1C. The summed E-state index contributed by atoms with van der Waals surface area (Å²) in [6.45, 7) is 3.27. The molecule has 1 aromatic heterocycles. The maximum absolute atomic E-state index is 12.0. The fraction of sp³-hybridized carbons (Fsp3) is 0.261. The lowest BCUT2D eigenvalue weighted by atomic mass is 10.1. The largest absolute Gasteiger partial charge is 0.456 e. The van der Waals surface area contributed by atoms with Crippen molar-refractivity contribution >= 4 is 34.4 Å². The topological polar surface area (TPSA) is 100 Å². The quantitative estimate of drug-likeness (QED) is 0.500. The van der Waals surface area contributed by atoms with Crippen LogP contribution in [0.3, 0.4) is 0 Å². The number of anilines is 1. The molecule has 3 N–H and O–H groups in total. The number of amides is 2. The maximum atomic E-state index is 12.0. The Morgan fingerprint density at radius 3 is 2.63 bits per heavy atom. The Bertz CT molecular complexity index is 1070. The molecule has 156 valence electrons.